The summed E-state index contributed by atoms with van der Waals surface area (Å²) < 4.78 is 11.0. The third-order valence-corrected chi connectivity index (χ3v) is 2.21. The van der Waals surface area contributed by atoms with Crippen molar-refractivity contribution >= 4 is 0 Å². The predicted molar refractivity (Wildman–Crippen MR) is 57.4 cm³/mol. The summed E-state index contributed by atoms with van der Waals surface area (Å²) in [6.07, 6.45) is 4.03. The van der Waals surface area contributed by atoms with E-state index in [1.54, 1.807) is 0 Å². The highest BCUT2D eigenvalue weighted by Crippen LogP contribution is 2.00. The van der Waals surface area contributed by atoms with E-state index in [1.807, 2.05) is 19.1 Å². The molecule has 1 aliphatic rings. The summed E-state index contributed by atoms with van der Waals surface area (Å²) in [6.45, 7) is 9.59. The van der Waals surface area contributed by atoms with E-state index in [-0.39, 0.29) is 6.10 Å². The Bertz CT molecular complexity index is 195. The summed E-state index contributed by atoms with van der Waals surface area (Å²) in [5.41, 5.74) is 1.12. The largest absolute Gasteiger partial charge is 0.374 e. The van der Waals surface area contributed by atoms with E-state index < -0.39 is 0 Å². The molecule has 1 aliphatic heterocycles. The summed E-state index contributed by atoms with van der Waals surface area (Å²) in [7, 11) is 0. The fourth-order valence-corrected chi connectivity index (χ4v) is 1.30. The second-order valence-corrected chi connectivity index (χ2v) is 3.28. The van der Waals surface area contributed by atoms with E-state index in [9.17, 15) is 0 Å². The van der Waals surface area contributed by atoms with Gasteiger partial charge in [0, 0.05) is 13.1 Å². The third-order valence-electron chi connectivity index (χ3n) is 2.21. The Hall–Kier alpha value is -0.640. The smallest absolute Gasteiger partial charge is 0.0933 e. The summed E-state index contributed by atoms with van der Waals surface area (Å²) in [5.74, 6) is 0. The van der Waals surface area contributed by atoms with Crippen molar-refractivity contribution < 1.29 is 9.47 Å². The zero-order chi connectivity index (χ0) is 10.2. The average molecular weight is 197 g/mol. The molecule has 1 rings (SSSR count). The van der Waals surface area contributed by atoms with Crippen LogP contribution in [0.2, 0.25) is 0 Å². The molecule has 0 radical (unpaired) electrons. The van der Waals surface area contributed by atoms with E-state index in [4.69, 9.17) is 9.47 Å². The molecule has 14 heavy (non-hydrogen) atoms. The van der Waals surface area contributed by atoms with Gasteiger partial charge in [-0.15, -0.1) is 0 Å². The van der Waals surface area contributed by atoms with Crippen LogP contribution in [-0.2, 0) is 9.47 Å². The lowest BCUT2D eigenvalue weighted by molar-refractivity contribution is -0.0265. The Morgan fingerprint density at radius 2 is 2.57 bits per heavy atom. The molecule has 1 atom stereocenters. The highest BCUT2D eigenvalue weighted by Gasteiger charge is 2.12. The minimum absolute atomic E-state index is 0.201. The molecule has 1 saturated heterocycles. The van der Waals surface area contributed by atoms with Gasteiger partial charge in [-0.05, 0) is 12.5 Å². The molecule has 0 aromatic carbocycles. The Balaban J connectivity index is 2.10. The molecule has 0 aliphatic carbocycles. The van der Waals surface area contributed by atoms with Crippen molar-refractivity contribution in [1.29, 1.82) is 0 Å². The minimum Gasteiger partial charge on any atom is -0.374 e. The maximum atomic E-state index is 5.51. The first-order valence-corrected chi connectivity index (χ1v) is 5.04. The summed E-state index contributed by atoms with van der Waals surface area (Å²) in [5, 5.41) is 3.26. The molecule has 0 aromatic heterocycles. The molecule has 1 N–H and O–H groups in total. The first kappa shape index (κ1) is 11.4. The molecule has 1 unspecified atom stereocenters. The standard InChI is InChI=1S/C11H19NO2/c1-3-10(4-2)8-13-9-11-7-12-5-6-14-11/h3-4,11-12H,1,5-9H2,2H3/b10-4+. The second-order valence-electron chi connectivity index (χ2n) is 3.28. The van der Waals surface area contributed by atoms with E-state index >= 15 is 0 Å². The van der Waals surface area contributed by atoms with Crippen LogP contribution in [0.25, 0.3) is 0 Å². The third kappa shape index (κ3) is 4.05. The molecule has 1 fully saturated rings. The predicted octanol–water partition coefficient (Wildman–Crippen LogP) is 1.12. The number of hydrogen-bond donors (Lipinski definition) is 1. The van der Waals surface area contributed by atoms with Gasteiger partial charge in [0.2, 0.25) is 0 Å². The van der Waals surface area contributed by atoms with Crippen molar-refractivity contribution in [2.45, 2.75) is 13.0 Å². The molecular formula is C11H19NO2. The molecule has 3 heteroatoms. The van der Waals surface area contributed by atoms with E-state index in [1.165, 1.54) is 0 Å². The molecule has 3 nitrogen and oxygen atoms in total. The number of ether oxygens (including phenoxy) is 2. The average Bonchev–Trinajstić information content (AvgIpc) is 2.26. The van der Waals surface area contributed by atoms with Crippen LogP contribution in [0.3, 0.4) is 0 Å². The van der Waals surface area contributed by atoms with Crippen molar-refractivity contribution in [3.05, 3.63) is 24.3 Å². The number of rotatable bonds is 5. The molecule has 1 heterocycles. The first-order valence-electron chi connectivity index (χ1n) is 5.04. The fourth-order valence-electron chi connectivity index (χ4n) is 1.30. The second kappa shape index (κ2) is 6.76. The van der Waals surface area contributed by atoms with Crippen LogP contribution in [0.4, 0.5) is 0 Å². The molecular weight excluding hydrogens is 178 g/mol. The molecule has 0 spiro atoms. The van der Waals surface area contributed by atoms with Crippen molar-refractivity contribution in [1.82, 2.24) is 5.32 Å². The first-order chi connectivity index (χ1) is 6.86. The van der Waals surface area contributed by atoms with Crippen molar-refractivity contribution in [2.24, 2.45) is 0 Å². The SMILES string of the molecule is C=C/C(=C\C)COCC1CNCCO1. The summed E-state index contributed by atoms with van der Waals surface area (Å²) in [4.78, 5) is 0. The maximum absolute atomic E-state index is 5.51. The van der Waals surface area contributed by atoms with Crippen molar-refractivity contribution in [3.8, 4) is 0 Å². The lowest BCUT2D eigenvalue weighted by Gasteiger charge is -2.23. The van der Waals surface area contributed by atoms with Gasteiger partial charge in [0.25, 0.3) is 0 Å². The van der Waals surface area contributed by atoms with Crippen LogP contribution in [0.15, 0.2) is 24.3 Å². The van der Waals surface area contributed by atoms with Gasteiger partial charge in [0.15, 0.2) is 0 Å². The summed E-state index contributed by atoms with van der Waals surface area (Å²) in [6, 6.07) is 0. The zero-order valence-corrected chi connectivity index (χ0v) is 8.79. The lowest BCUT2D eigenvalue weighted by atomic mass is 10.2. The monoisotopic (exact) mass is 197 g/mol. The Morgan fingerprint density at radius 3 is 3.14 bits per heavy atom. The van der Waals surface area contributed by atoms with E-state index in [2.05, 4.69) is 11.9 Å². The van der Waals surface area contributed by atoms with Crippen LogP contribution in [0, 0.1) is 0 Å². The van der Waals surface area contributed by atoms with Crippen LogP contribution in [0.1, 0.15) is 6.92 Å². The molecule has 80 valence electrons. The maximum Gasteiger partial charge on any atom is 0.0933 e. The quantitative estimate of drug-likeness (QED) is 0.670. The van der Waals surface area contributed by atoms with Crippen LogP contribution >= 0.6 is 0 Å². The van der Waals surface area contributed by atoms with Crippen LogP contribution in [-0.4, -0.2) is 39.0 Å². The van der Waals surface area contributed by atoms with Gasteiger partial charge < -0.3 is 14.8 Å². The van der Waals surface area contributed by atoms with E-state index in [0.29, 0.717) is 13.2 Å². The van der Waals surface area contributed by atoms with Crippen molar-refractivity contribution in [3.63, 3.8) is 0 Å². The topological polar surface area (TPSA) is 30.5 Å². The van der Waals surface area contributed by atoms with Crippen molar-refractivity contribution in [2.75, 3.05) is 32.9 Å². The highest BCUT2D eigenvalue weighted by molar-refractivity contribution is 5.15. The molecule has 0 saturated carbocycles. The van der Waals surface area contributed by atoms with Crippen LogP contribution in [0.5, 0.6) is 0 Å². The van der Waals surface area contributed by atoms with E-state index in [0.717, 1.165) is 25.3 Å². The number of allylic oxidation sites excluding steroid dienone is 1. The molecule has 0 aromatic rings. The number of hydrogen-bond acceptors (Lipinski definition) is 3. The van der Waals surface area contributed by atoms with Gasteiger partial charge in [0.1, 0.15) is 0 Å². The lowest BCUT2D eigenvalue weighted by Crippen LogP contribution is -2.41. The summed E-state index contributed by atoms with van der Waals surface area (Å²) >= 11 is 0. The zero-order valence-electron chi connectivity index (χ0n) is 8.79. The fraction of sp³-hybridized carbons (Fsp3) is 0.636. The Kier molecular flexibility index (Phi) is 5.52. The number of nitrogens with one attached hydrogen (secondary N) is 1. The van der Waals surface area contributed by atoms with Gasteiger partial charge in [-0.3, -0.25) is 0 Å². The Labute approximate surface area is 85.8 Å². The highest BCUT2D eigenvalue weighted by atomic mass is 16.5. The van der Waals surface area contributed by atoms with Gasteiger partial charge >= 0.3 is 0 Å². The van der Waals surface area contributed by atoms with Gasteiger partial charge in [-0.25, -0.2) is 0 Å². The molecule has 0 bridgehead atoms. The van der Waals surface area contributed by atoms with Gasteiger partial charge in [-0.1, -0.05) is 18.7 Å². The Morgan fingerprint density at radius 1 is 1.71 bits per heavy atom. The molecule has 0 amide bonds. The number of morpholine rings is 1. The normalized spacial score (nSPS) is 23.5. The minimum atomic E-state index is 0.201. The van der Waals surface area contributed by atoms with Gasteiger partial charge in [0.05, 0.1) is 25.9 Å². The van der Waals surface area contributed by atoms with Crippen LogP contribution < -0.4 is 5.32 Å². The van der Waals surface area contributed by atoms with Gasteiger partial charge in [-0.2, -0.15) is 0 Å².